The molecule has 0 bridgehead atoms. The zero-order chi connectivity index (χ0) is 27.4. The third-order valence-electron chi connectivity index (χ3n) is 5.90. The summed E-state index contributed by atoms with van der Waals surface area (Å²) in [5.41, 5.74) is 0.655. The summed E-state index contributed by atoms with van der Waals surface area (Å²) in [4.78, 5) is 48.9. The van der Waals surface area contributed by atoms with Crippen molar-refractivity contribution in [1.82, 2.24) is 15.7 Å². The first kappa shape index (κ1) is 39.8. The number of nitrogens with one attached hydrogen (secondary N) is 3. The van der Waals surface area contributed by atoms with Gasteiger partial charge in [-0.05, 0) is 43.4 Å². The average Bonchev–Trinajstić information content (AvgIpc) is 2.86. The number of benzene rings is 1. The van der Waals surface area contributed by atoms with E-state index in [1.54, 1.807) is 38.1 Å². The molecule has 208 valence electrons. The van der Waals surface area contributed by atoms with Gasteiger partial charge in [0.05, 0.1) is 31.8 Å². The number of amides is 2. The smallest absolute Gasteiger partial charge is 0.766 e. The SMILES string of the molecule is CCOP(=O)([O-])N[C@H](C(=O)NC(Cc1ccc(OC2CCCCO2)cc1)C(=O)NCC(=O)[O-])[C@@H](C)CC.[K+].[K+]. The molecule has 0 spiro atoms. The number of carbonyl (C=O) groups is 3. The van der Waals surface area contributed by atoms with Crippen LogP contribution in [0, 0.1) is 5.92 Å². The predicted octanol–water partition coefficient (Wildman–Crippen LogP) is -6.00. The van der Waals surface area contributed by atoms with Crippen molar-refractivity contribution < 1.29 is 146 Å². The van der Waals surface area contributed by atoms with Crippen molar-refractivity contribution in [2.45, 2.75) is 71.2 Å². The summed E-state index contributed by atoms with van der Waals surface area (Å²) in [6.07, 6.45) is 2.96. The van der Waals surface area contributed by atoms with Crippen LogP contribution in [0.25, 0.3) is 0 Å². The Labute approximate surface area is 314 Å². The molecule has 1 fully saturated rings. The number of hydrogen-bond acceptors (Lipinski definition) is 9. The molecule has 0 radical (unpaired) electrons. The molecule has 12 nitrogen and oxygen atoms in total. The Balaban J connectivity index is 0.00000722. The van der Waals surface area contributed by atoms with E-state index in [2.05, 4.69) is 15.7 Å². The normalized spacial score (nSPS) is 18.6. The van der Waals surface area contributed by atoms with E-state index >= 15 is 0 Å². The van der Waals surface area contributed by atoms with Crippen LogP contribution in [0.4, 0.5) is 0 Å². The summed E-state index contributed by atoms with van der Waals surface area (Å²) in [5, 5.41) is 17.8. The van der Waals surface area contributed by atoms with E-state index in [-0.39, 0.29) is 122 Å². The fraction of sp³-hybridized carbons (Fsp3) is 0.625. The number of rotatable bonds is 15. The number of carboxylic acid groups (broad SMARTS) is 1. The van der Waals surface area contributed by atoms with Crippen LogP contribution in [0.1, 0.15) is 52.0 Å². The number of aliphatic carboxylic acids is 1. The molecule has 15 heteroatoms. The molecule has 2 rings (SSSR count). The molecule has 0 saturated carbocycles. The van der Waals surface area contributed by atoms with Gasteiger partial charge in [-0.3, -0.25) is 14.2 Å². The molecule has 3 unspecified atom stereocenters. The van der Waals surface area contributed by atoms with Crippen molar-refractivity contribution in [2.24, 2.45) is 5.92 Å². The predicted molar refractivity (Wildman–Crippen MR) is 130 cm³/mol. The van der Waals surface area contributed by atoms with Crippen LogP contribution < -0.4 is 133 Å². The standard InChI is InChI=1S/C24H38N3O9P.2K/c1-4-16(3)22(27-37(32,33)35-5-2)24(31)26-19(23(30)25-15-20(28)29)14-17-9-11-18(12-10-17)36-21-8-6-7-13-34-21;;/h9-12,16,19,21-22H,4-8,13-15H2,1-3H3,(H,25,30)(H,26,31)(H,28,29)(H2,27,32,33);;/q;2*+1/p-2/t16-,19?,21?,22-;;/m0../s1. The summed E-state index contributed by atoms with van der Waals surface area (Å²) in [6.45, 7) is 4.76. The first-order valence-corrected chi connectivity index (χ1v) is 14.0. The molecule has 1 aromatic carbocycles. The van der Waals surface area contributed by atoms with Gasteiger partial charge in [-0.25, -0.2) is 5.09 Å². The summed E-state index contributed by atoms with van der Waals surface area (Å²) in [5.74, 6) is -2.83. The van der Waals surface area contributed by atoms with Gasteiger partial charge >= 0.3 is 103 Å². The molecular weight excluding hydrogens is 583 g/mol. The van der Waals surface area contributed by atoms with E-state index in [4.69, 9.17) is 14.0 Å². The van der Waals surface area contributed by atoms with Crippen LogP contribution >= 0.6 is 7.75 Å². The number of ether oxygens (including phenoxy) is 2. The van der Waals surface area contributed by atoms with Gasteiger partial charge in [0.25, 0.3) is 0 Å². The number of carbonyl (C=O) groups excluding carboxylic acids is 3. The Hall–Kier alpha value is 0.773. The first-order chi connectivity index (χ1) is 17.5. The van der Waals surface area contributed by atoms with Crippen molar-refractivity contribution in [3.63, 3.8) is 0 Å². The van der Waals surface area contributed by atoms with Gasteiger partial charge in [-0.1, -0.05) is 32.4 Å². The van der Waals surface area contributed by atoms with E-state index in [0.717, 1.165) is 19.3 Å². The average molecular weight is 620 g/mol. The molecular formula is C24H36K2N3O9P. The fourth-order valence-electron chi connectivity index (χ4n) is 3.71. The van der Waals surface area contributed by atoms with Crippen molar-refractivity contribution in [3.05, 3.63) is 29.8 Å². The Morgan fingerprint density at radius 1 is 1.13 bits per heavy atom. The van der Waals surface area contributed by atoms with Crippen LogP contribution in [0.15, 0.2) is 24.3 Å². The van der Waals surface area contributed by atoms with Gasteiger partial charge in [0, 0.05) is 12.8 Å². The third-order valence-corrected chi connectivity index (χ3v) is 7.09. The van der Waals surface area contributed by atoms with Crippen molar-refractivity contribution >= 4 is 25.5 Å². The molecule has 1 saturated heterocycles. The van der Waals surface area contributed by atoms with Crippen LogP contribution in [0.3, 0.4) is 0 Å². The molecule has 2 amide bonds. The zero-order valence-electron chi connectivity index (χ0n) is 23.4. The molecule has 39 heavy (non-hydrogen) atoms. The van der Waals surface area contributed by atoms with E-state index < -0.39 is 50.1 Å². The minimum absolute atomic E-state index is 0. The Morgan fingerprint density at radius 2 is 1.79 bits per heavy atom. The van der Waals surface area contributed by atoms with Crippen LogP contribution in [-0.4, -0.2) is 55.9 Å². The summed E-state index contributed by atoms with van der Waals surface area (Å²) in [7, 11) is -4.52. The van der Waals surface area contributed by atoms with E-state index in [0.29, 0.717) is 24.3 Å². The van der Waals surface area contributed by atoms with Gasteiger partial charge in [-0.2, -0.15) is 0 Å². The maximum Gasteiger partial charge on any atom is 1.00 e. The van der Waals surface area contributed by atoms with Gasteiger partial charge < -0.3 is 39.4 Å². The molecule has 3 N–H and O–H groups in total. The first-order valence-electron chi connectivity index (χ1n) is 12.4. The second-order valence-corrected chi connectivity index (χ2v) is 10.3. The molecule has 1 heterocycles. The molecule has 1 aromatic rings. The fourth-order valence-corrected chi connectivity index (χ4v) is 4.83. The number of hydrogen-bond donors (Lipinski definition) is 3. The quantitative estimate of drug-likeness (QED) is 0.126. The maximum atomic E-state index is 13.1. The molecule has 5 atom stereocenters. The van der Waals surface area contributed by atoms with Crippen LogP contribution in [0.5, 0.6) is 5.75 Å². The van der Waals surface area contributed by atoms with Crippen molar-refractivity contribution in [3.8, 4) is 5.75 Å². The topological polar surface area (TPSA) is 178 Å². The number of carboxylic acids is 1. The van der Waals surface area contributed by atoms with Gasteiger partial charge in [-0.15, -0.1) is 0 Å². The van der Waals surface area contributed by atoms with Gasteiger partial charge in [0.1, 0.15) is 11.8 Å². The minimum Gasteiger partial charge on any atom is -0.766 e. The largest absolute Gasteiger partial charge is 1.00 e. The minimum atomic E-state index is -4.52. The Bertz CT molecular complexity index is 949. The Kier molecular flexibility index (Phi) is 21.0. The monoisotopic (exact) mass is 619 g/mol. The van der Waals surface area contributed by atoms with Crippen molar-refractivity contribution in [2.75, 3.05) is 19.8 Å². The molecule has 1 aliphatic rings. The maximum absolute atomic E-state index is 13.1. The molecule has 0 aromatic heterocycles. The van der Waals surface area contributed by atoms with Gasteiger partial charge in [0.2, 0.25) is 19.6 Å². The van der Waals surface area contributed by atoms with E-state index in [1.165, 1.54) is 6.92 Å². The van der Waals surface area contributed by atoms with E-state index in [1.807, 2.05) is 0 Å². The summed E-state index contributed by atoms with van der Waals surface area (Å²) in [6, 6.07) is 4.47. The summed E-state index contributed by atoms with van der Waals surface area (Å²) < 4.78 is 28.3. The molecule has 0 aliphatic carbocycles. The van der Waals surface area contributed by atoms with Crippen LogP contribution in [-0.2, 0) is 34.6 Å². The second kappa shape index (κ2) is 20.6. The van der Waals surface area contributed by atoms with E-state index in [9.17, 15) is 28.9 Å². The van der Waals surface area contributed by atoms with Gasteiger partial charge in [0.15, 0.2) is 6.29 Å². The zero-order valence-corrected chi connectivity index (χ0v) is 30.5. The molecule has 1 aliphatic heterocycles. The van der Waals surface area contributed by atoms with Crippen LogP contribution in [0.2, 0.25) is 0 Å². The third kappa shape index (κ3) is 15.2. The second-order valence-electron chi connectivity index (χ2n) is 8.82. The van der Waals surface area contributed by atoms with Crippen molar-refractivity contribution in [1.29, 1.82) is 0 Å². The summed E-state index contributed by atoms with van der Waals surface area (Å²) >= 11 is 0. The Morgan fingerprint density at radius 3 is 2.33 bits per heavy atom.